The number of rotatable bonds is 4. The Hall–Kier alpha value is -1.47. The molecule has 2 aliphatic heterocycles. The van der Waals surface area contributed by atoms with Crippen LogP contribution in [0.5, 0.6) is 0 Å². The second-order valence-electron chi connectivity index (χ2n) is 4.16. The lowest BCUT2D eigenvalue weighted by Gasteiger charge is -2.30. The van der Waals surface area contributed by atoms with Gasteiger partial charge in [-0.15, -0.1) is 0 Å². The number of carbonyl (C=O) groups excluding carboxylic acids is 2. The van der Waals surface area contributed by atoms with Crippen molar-refractivity contribution in [3.05, 3.63) is 0 Å². The van der Waals surface area contributed by atoms with E-state index in [4.69, 9.17) is 14.9 Å². The van der Waals surface area contributed by atoms with Gasteiger partial charge in [0.25, 0.3) is 11.8 Å². The number of amides is 2. The summed E-state index contributed by atoms with van der Waals surface area (Å²) in [5, 5.41) is 17.6. The molecule has 3 atom stereocenters. The van der Waals surface area contributed by atoms with Crippen molar-refractivity contribution in [3.63, 3.8) is 0 Å². The molecular formula is C10H13NO6. The fourth-order valence-electron chi connectivity index (χ4n) is 2.05. The highest BCUT2D eigenvalue weighted by molar-refractivity contribution is 6.02. The van der Waals surface area contributed by atoms with Crippen molar-refractivity contribution < 1.29 is 29.3 Å². The zero-order valence-electron chi connectivity index (χ0n) is 9.04. The van der Waals surface area contributed by atoms with Crippen molar-refractivity contribution in [3.8, 4) is 0 Å². The minimum absolute atomic E-state index is 0.0819. The van der Waals surface area contributed by atoms with Crippen molar-refractivity contribution >= 4 is 17.8 Å². The van der Waals surface area contributed by atoms with E-state index in [2.05, 4.69) is 0 Å². The predicted molar refractivity (Wildman–Crippen MR) is 52.9 cm³/mol. The third-order valence-corrected chi connectivity index (χ3v) is 3.01. The molecule has 3 unspecified atom stereocenters. The molecule has 2 bridgehead atoms. The van der Waals surface area contributed by atoms with E-state index in [1.807, 2.05) is 0 Å². The van der Waals surface area contributed by atoms with Crippen LogP contribution in [0.1, 0.15) is 19.3 Å². The van der Waals surface area contributed by atoms with E-state index in [1.54, 1.807) is 0 Å². The summed E-state index contributed by atoms with van der Waals surface area (Å²) < 4.78 is 5.19. The van der Waals surface area contributed by atoms with Crippen molar-refractivity contribution in [2.24, 2.45) is 0 Å². The summed E-state index contributed by atoms with van der Waals surface area (Å²) in [5.41, 5.74) is 0. The Morgan fingerprint density at radius 1 is 1.35 bits per heavy atom. The Morgan fingerprint density at radius 2 is 1.88 bits per heavy atom. The molecule has 2 saturated heterocycles. The number of fused-ring (bicyclic) bond motifs is 2. The van der Waals surface area contributed by atoms with Crippen molar-refractivity contribution in [2.45, 2.75) is 37.6 Å². The Labute approximate surface area is 97.0 Å². The second-order valence-corrected chi connectivity index (χ2v) is 4.16. The zero-order valence-corrected chi connectivity index (χ0v) is 9.04. The van der Waals surface area contributed by atoms with Gasteiger partial charge in [0.15, 0.2) is 6.10 Å². The first-order valence-corrected chi connectivity index (χ1v) is 5.42. The average Bonchev–Trinajstić information content (AvgIpc) is 2.73. The smallest absolute Gasteiger partial charge is 0.332 e. The molecule has 7 nitrogen and oxygen atoms in total. The number of hydrogen-bond acceptors (Lipinski definition) is 5. The topological polar surface area (TPSA) is 104 Å². The maximum atomic E-state index is 11.7. The van der Waals surface area contributed by atoms with Crippen LogP contribution >= 0.6 is 0 Å². The number of morpholine rings is 1. The number of carbonyl (C=O) groups is 3. The molecule has 2 heterocycles. The number of aliphatic hydroxyl groups is 1. The third-order valence-electron chi connectivity index (χ3n) is 3.01. The van der Waals surface area contributed by atoms with Gasteiger partial charge < -0.3 is 14.9 Å². The maximum Gasteiger partial charge on any atom is 0.332 e. The quantitative estimate of drug-likeness (QED) is 0.597. The molecule has 2 N–H and O–H groups in total. The van der Waals surface area contributed by atoms with E-state index in [0.717, 1.165) is 4.90 Å². The highest BCUT2D eigenvalue weighted by Gasteiger charge is 2.46. The van der Waals surface area contributed by atoms with E-state index in [9.17, 15) is 14.4 Å². The normalized spacial score (nSPS) is 29.6. The summed E-state index contributed by atoms with van der Waals surface area (Å²) in [6.07, 6.45) is -1.84. The number of likely N-dealkylation sites (tertiary alicyclic amines) is 1. The Bertz CT molecular complexity index is 346. The molecule has 2 aliphatic rings. The molecule has 2 fully saturated rings. The van der Waals surface area contributed by atoms with Crippen LogP contribution in [0.2, 0.25) is 0 Å². The summed E-state index contributed by atoms with van der Waals surface area (Å²) >= 11 is 0. The molecule has 2 rings (SSSR count). The van der Waals surface area contributed by atoms with Gasteiger partial charge in [-0.2, -0.15) is 0 Å². The first-order chi connectivity index (χ1) is 8.00. The number of ether oxygens (including phenoxy) is 1. The van der Waals surface area contributed by atoms with Gasteiger partial charge in [-0.3, -0.25) is 14.5 Å². The van der Waals surface area contributed by atoms with Gasteiger partial charge in [0.1, 0.15) is 12.2 Å². The molecule has 94 valence electrons. The fraction of sp³-hybridized carbons (Fsp3) is 0.700. The molecule has 0 spiro atoms. The van der Waals surface area contributed by atoms with Crippen molar-refractivity contribution in [1.29, 1.82) is 0 Å². The summed E-state index contributed by atoms with van der Waals surface area (Å²) in [4.78, 5) is 34.9. The zero-order chi connectivity index (χ0) is 12.6. The number of aliphatic hydroxyl groups excluding tert-OH is 1. The highest BCUT2D eigenvalue weighted by atomic mass is 16.5. The van der Waals surface area contributed by atoms with Gasteiger partial charge in [-0.05, 0) is 12.8 Å². The van der Waals surface area contributed by atoms with E-state index < -0.39 is 36.1 Å². The van der Waals surface area contributed by atoms with Crippen LogP contribution in [0.25, 0.3) is 0 Å². The Morgan fingerprint density at radius 3 is 2.35 bits per heavy atom. The number of imide groups is 1. The largest absolute Gasteiger partial charge is 0.479 e. The SMILES string of the molecule is O=C(O)C(O)CCN1C(=O)C2CCC(O2)C1=O. The minimum atomic E-state index is -1.56. The van der Waals surface area contributed by atoms with Crippen LogP contribution in [-0.2, 0) is 19.1 Å². The van der Waals surface area contributed by atoms with E-state index >= 15 is 0 Å². The fourth-order valence-corrected chi connectivity index (χ4v) is 2.05. The van der Waals surface area contributed by atoms with Gasteiger partial charge in [-0.1, -0.05) is 0 Å². The lowest BCUT2D eigenvalue weighted by molar-refractivity contribution is -0.169. The lowest BCUT2D eigenvalue weighted by atomic mass is 10.2. The molecule has 0 aromatic heterocycles. The number of nitrogens with zero attached hydrogens (tertiary/aromatic N) is 1. The van der Waals surface area contributed by atoms with Crippen molar-refractivity contribution in [1.82, 2.24) is 4.90 Å². The molecule has 0 saturated carbocycles. The molecule has 0 radical (unpaired) electrons. The van der Waals surface area contributed by atoms with Crippen molar-refractivity contribution in [2.75, 3.05) is 6.54 Å². The first kappa shape index (κ1) is 12.0. The summed E-state index contributed by atoms with van der Waals surface area (Å²) in [7, 11) is 0. The standard InChI is InChI=1S/C10H13NO6/c12-5(10(15)16)3-4-11-8(13)6-1-2-7(17-6)9(11)14/h5-7,12H,1-4H2,(H,15,16). The van der Waals surface area contributed by atoms with Gasteiger partial charge in [-0.25, -0.2) is 4.79 Å². The molecule has 17 heavy (non-hydrogen) atoms. The van der Waals surface area contributed by atoms with Gasteiger partial charge >= 0.3 is 5.97 Å². The lowest BCUT2D eigenvalue weighted by Crippen LogP contribution is -2.52. The maximum absolute atomic E-state index is 11.7. The second kappa shape index (κ2) is 4.42. The molecule has 0 aliphatic carbocycles. The predicted octanol–water partition coefficient (Wildman–Crippen LogP) is -1.26. The summed E-state index contributed by atoms with van der Waals surface area (Å²) in [6.45, 7) is -0.0819. The molecule has 7 heteroatoms. The number of hydrogen-bond donors (Lipinski definition) is 2. The van der Waals surface area contributed by atoms with Crippen LogP contribution in [0.3, 0.4) is 0 Å². The van der Waals surface area contributed by atoms with Gasteiger partial charge in [0.05, 0.1) is 0 Å². The van der Waals surface area contributed by atoms with E-state index in [0.29, 0.717) is 12.8 Å². The van der Waals surface area contributed by atoms with Crippen LogP contribution in [0, 0.1) is 0 Å². The highest BCUT2D eigenvalue weighted by Crippen LogP contribution is 2.28. The van der Waals surface area contributed by atoms with Crippen LogP contribution in [0.15, 0.2) is 0 Å². The average molecular weight is 243 g/mol. The van der Waals surface area contributed by atoms with Crippen LogP contribution in [0.4, 0.5) is 0 Å². The summed E-state index contributed by atoms with van der Waals surface area (Å²) in [6, 6.07) is 0. The van der Waals surface area contributed by atoms with E-state index in [-0.39, 0.29) is 13.0 Å². The molecule has 0 aromatic carbocycles. The van der Waals surface area contributed by atoms with Crippen LogP contribution < -0.4 is 0 Å². The molecule has 0 aromatic rings. The first-order valence-electron chi connectivity index (χ1n) is 5.42. The third kappa shape index (κ3) is 2.16. The Kier molecular flexibility index (Phi) is 3.12. The van der Waals surface area contributed by atoms with Crippen LogP contribution in [-0.4, -0.2) is 57.8 Å². The number of carboxylic acid groups (broad SMARTS) is 1. The van der Waals surface area contributed by atoms with Gasteiger partial charge in [0, 0.05) is 13.0 Å². The Balaban J connectivity index is 1.98. The van der Waals surface area contributed by atoms with E-state index in [1.165, 1.54) is 0 Å². The molecule has 2 amide bonds. The summed E-state index contributed by atoms with van der Waals surface area (Å²) in [5.74, 6) is -2.22. The minimum Gasteiger partial charge on any atom is -0.479 e. The molecular weight excluding hydrogens is 230 g/mol. The monoisotopic (exact) mass is 243 g/mol. The van der Waals surface area contributed by atoms with Gasteiger partial charge in [0.2, 0.25) is 0 Å². The number of carboxylic acids is 1. The number of aliphatic carboxylic acids is 1.